The first-order valence-corrected chi connectivity index (χ1v) is 4.17. The summed E-state index contributed by atoms with van der Waals surface area (Å²) in [6.07, 6.45) is 0. The van der Waals surface area contributed by atoms with E-state index in [9.17, 15) is 4.39 Å². The molecule has 2 aromatic rings. The van der Waals surface area contributed by atoms with Crippen LogP contribution in [-0.2, 0) is 7.05 Å². The van der Waals surface area contributed by atoms with Gasteiger partial charge in [0, 0.05) is 13.1 Å². The molecule has 0 aromatic carbocycles. The third-order valence-electron chi connectivity index (χ3n) is 2.12. The van der Waals surface area contributed by atoms with Gasteiger partial charge in [0.1, 0.15) is 5.82 Å². The SMILES string of the molecule is COc1nn(C)c2cc(F)c(C)nc12. The van der Waals surface area contributed by atoms with Crippen LogP contribution in [-0.4, -0.2) is 21.9 Å². The van der Waals surface area contributed by atoms with Crippen LogP contribution in [0.15, 0.2) is 6.07 Å². The normalized spacial score (nSPS) is 10.9. The fourth-order valence-electron chi connectivity index (χ4n) is 1.35. The van der Waals surface area contributed by atoms with E-state index in [1.54, 1.807) is 18.7 Å². The molecule has 2 heterocycles. The Morgan fingerprint density at radius 2 is 2.21 bits per heavy atom. The lowest BCUT2D eigenvalue weighted by Gasteiger charge is -1.97. The molecule has 0 bridgehead atoms. The van der Waals surface area contributed by atoms with E-state index in [2.05, 4.69) is 10.1 Å². The number of methoxy groups -OCH3 is 1. The summed E-state index contributed by atoms with van der Waals surface area (Å²) in [7, 11) is 3.24. The molecule has 4 nitrogen and oxygen atoms in total. The summed E-state index contributed by atoms with van der Waals surface area (Å²) in [5.74, 6) is 0.0914. The summed E-state index contributed by atoms with van der Waals surface area (Å²) >= 11 is 0. The van der Waals surface area contributed by atoms with Crippen molar-refractivity contribution in [3.05, 3.63) is 17.6 Å². The zero-order valence-electron chi connectivity index (χ0n) is 8.21. The summed E-state index contributed by atoms with van der Waals surface area (Å²) in [5, 5.41) is 4.06. The molecule has 0 saturated carbocycles. The van der Waals surface area contributed by atoms with Crippen molar-refractivity contribution in [2.24, 2.45) is 7.05 Å². The number of hydrogen-bond acceptors (Lipinski definition) is 3. The van der Waals surface area contributed by atoms with Crippen molar-refractivity contribution in [2.75, 3.05) is 7.11 Å². The van der Waals surface area contributed by atoms with Gasteiger partial charge in [-0.05, 0) is 6.92 Å². The maximum Gasteiger partial charge on any atom is 0.259 e. The Morgan fingerprint density at radius 3 is 2.86 bits per heavy atom. The van der Waals surface area contributed by atoms with Crippen LogP contribution in [0.4, 0.5) is 4.39 Å². The van der Waals surface area contributed by atoms with Crippen LogP contribution in [0.2, 0.25) is 0 Å². The van der Waals surface area contributed by atoms with Crippen molar-refractivity contribution >= 4 is 11.0 Å². The van der Waals surface area contributed by atoms with Crippen LogP contribution in [0.5, 0.6) is 5.88 Å². The number of pyridine rings is 1. The summed E-state index contributed by atoms with van der Waals surface area (Å²) in [4.78, 5) is 4.08. The Kier molecular flexibility index (Phi) is 1.87. The Balaban J connectivity index is 2.84. The fourth-order valence-corrected chi connectivity index (χ4v) is 1.35. The molecular formula is C9H10FN3O. The quantitative estimate of drug-likeness (QED) is 0.691. The minimum Gasteiger partial charge on any atom is -0.478 e. The zero-order chi connectivity index (χ0) is 10.3. The molecule has 0 amide bonds. The van der Waals surface area contributed by atoms with Gasteiger partial charge in [-0.2, -0.15) is 0 Å². The number of fused-ring (bicyclic) bond motifs is 1. The molecule has 0 fully saturated rings. The highest BCUT2D eigenvalue weighted by Gasteiger charge is 2.12. The summed E-state index contributed by atoms with van der Waals surface area (Å²) in [6.45, 7) is 1.61. The third-order valence-corrected chi connectivity index (χ3v) is 2.12. The molecule has 2 aromatic heterocycles. The van der Waals surface area contributed by atoms with E-state index in [1.807, 2.05) is 0 Å². The van der Waals surface area contributed by atoms with Crippen LogP contribution < -0.4 is 4.74 Å². The molecule has 0 aliphatic heterocycles. The van der Waals surface area contributed by atoms with Gasteiger partial charge in [0.15, 0.2) is 5.52 Å². The van der Waals surface area contributed by atoms with E-state index in [-0.39, 0.29) is 5.82 Å². The topological polar surface area (TPSA) is 39.9 Å². The largest absolute Gasteiger partial charge is 0.478 e. The van der Waals surface area contributed by atoms with Gasteiger partial charge in [-0.25, -0.2) is 9.37 Å². The van der Waals surface area contributed by atoms with Crippen molar-refractivity contribution in [3.63, 3.8) is 0 Å². The molecule has 14 heavy (non-hydrogen) atoms. The lowest BCUT2D eigenvalue weighted by atomic mass is 10.3. The van der Waals surface area contributed by atoms with Gasteiger partial charge in [0.05, 0.1) is 18.3 Å². The average molecular weight is 195 g/mol. The fraction of sp³-hybridized carbons (Fsp3) is 0.333. The van der Waals surface area contributed by atoms with Gasteiger partial charge in [-0.1, -0.05) is 0 Å². The second-order valence-corrected chi connectivity index (χ2v) is 3.06. The predicted octanol–water partition coefficient (Wildman–Crippen LogP) is 1.42. The van der Waals surface area contributed by atoms with Crippen LogP contribution in [0, 0.1) is 12.7 Å². The molecule has 0 aliphatic rings. The number of aryl methyl sites for hydroxylation is 2. The van der Waals surface area contributed by atoms with Crippen molar-refractivity contribution in [2.45, 2.75) is 6.92 Å². The van der Waals surface area contributed by atoms with Gasteiger partial charge in [-0.3, -0.25) is 4.68 Å². The van der Waals surface area contributed by atoms with Gasteiger partial charge in [-0.15, -0.1) is 5.10 Å². The van der Waals surface area contributed by atoms with Crippen molar-refractivity contribution in [3.8, 4) is 5.88 Å². The average Bonchev–Trinajstić information content (AvgIpc) is 2.45. The number of nitrogens with zero attached hydrogens (tertiary/aromatic N) is 3. The van der Waals surface area contributed by atoms with Gasteiger partial charge >= 0.3 is 0 Å². The molecule has 0 radical (unpaired) electrons. The Hall–Kier alpha value is -1.65. The molecule has 2 rings (SSSR count). The minimum absolute atomic E-state index is 0.330. The second kappa shape index (κ2) is 2.94. The molecule has 74 valence electrons. The number of halogens is 1. The molecule has 0 atom stereocenters. The minimum atomic E-state index is -0.330. The molecule has 0 aliphatic carbocycles. The molecule has 0 spiro atoms. The number of ether oxygens (including phenoxy) is 1. The van der Waals surface area contributed by atoms with E-state index < -0.39 is 0 Å². The van der Waals surface area contributed by atoms with Gasteiger partial charge < -0.3 is 4.74 Å². The molecule has 5 heteroatoms. The van der Waals surface area contributed by atoms with Crippen LogP contribution in [0.25, 0.3) is 11.0 Å². The molecule has 0 unspecified atom stereocenters. The van der Waals surface area contributed by atoms with Crippen molar-refractivity contribution in [1.29, 1.82) is 0 Å². The van der Waals surface area contributed by atoms with E-state index >= 15 is 0 Å². The summed E-state index contributed by atoms with van der Waals surface area (Å²) in [5.41, 5.74) is 1.57. The Morgan fingerprint density at radius 1 is 1.50 bits per heavy atom. The van der Waals surface area contributed by atoms with E-state index in [1.165, 1.54) is 13.2 Å². The summed E-state index contributed by atoms with van der Waals surface area (Å²) in [6, 6.07) is 1.41. The Labute approximate surface area is 80.3 Å². The Bertz CT molecular complexity index is 492. The smallest absolute Gasteiger partial charge is 0.259 e. The zero-order valence-corrected chi connectivity index (χ0v) is 8.21. The first-order chi connectivity index (χ1) is 6.63. The second-order valence-electron chi connectivity index (χ2n) is 3.06. The monoisotopic (exact) mass is 195 g/mol. The standard InChI is InChI=1S/C9H10FN3O/c1-5-6(10)4-7-8(11-5)9(14-3)12-13(7)2/h4H,1-3H3. The molecule has 0 saturated heterocycles. The summed E-state index contributed by atoms with van der Waals surface area (Å²) < 4.78 is 19.8. The first kappa shape index (κ1) is 8.93. The molecular weight excluding hydrogens is 185 g/mol. The van der Waals surface area contributed by atoms with Crippen LogP contribution >= 0.6 is 0 Å². The first-order valence-electron chi connectivity index (χ1n) is 4.17. The molecule has 0 N–H and O–H groups in total. The number of rotatable bonds is 1. The predicted molar refractivity (Wildman–Crippen MR) is 49.8 cm³/mol. The highest BCUT2D eigenvalue weighted by atomic mass is 19.1. The maximum absolute atomic E-state index is 13.2. The third kappa shape index (κ3) is 1.13. The van der Waals surface area contributed by atoms with Gasteiger partial charge in [0.2, 0.25) is 0 Å². The van der Waals surface area contributed by atoms with Crippen molar-refractivity contribution in [1.82, 2.24) is 14.8 Å². The van der Waals surface area contributed by atoms with Gasteiger partial charge in [0.25, 0.3) is 5.88 Å². The van der Waals surface area contributed by atoms with Crippen molar-refractivity contribution < 1.29 is 9.13 Å². The van der Waals surface area contributed by atoms with E-state index in [4.69, 9.17) is 4.74 Å². The number of aromatic nitrogens is 3. The van der Waals surface area contributed by atoms with E-state index in [0.717, 1.165) is 0 Å². The highest BCUT2D eigenvalue weighted by Crippen LogP contribution is 2.23. The highest BCUT2D eigenvalue weighted by molar-refractivity contribution is 5.80. The van der Waals surface area contributed by atoms with E-state index in [0.29, 0.717) is 22.6 Å². The lowest BCUT2D eigenvalue weighted by molar-refractivity contribution is 0.395. The maximum atomic E-state index is 13.2. The lowest BCUT2D eigenvalue weighted by Crippen LogP contribution is -1.92. The number of hydrogen-bond donors (Lipinski definition) is 0. The van der Waals surface area contributed by atoms with Crippen LogP contribution in [0.1, 0.15) is 5.69 Å². The van der Waals surface area contributed by atoms with Crippen LogP contribution in [0.3, 0.4) is 0 Å².